The van der Waals surface area contributed by atoms with Gasteiger partial charge < -0.3 is 18.0 Å². The lowest BCUT2D eigenvalue weighted by Gasteiger charge is -2.30. The molecule has 0 amide bonds. The molecule has 0 aromatic carbocycles. The molecule has 0 saturated carbocycles. The summed E-state index contributed by atoms with van der Waals surface area (Å²) < 4.78 is 23.2. The Morgan fingerprint density at radius 3 is 1.89 bits per heavy atom. The Morgan fingerprint density at radius 2 is 1.29 bits per heavy atom. The molecule has 0 aromatic rings. The molecule has 0 aromatic heterocycles. The average molecular weight is 513 g/mol. The van der Waals surface area contributed by atoms with Gasteiger partial charge in [0.2, 0.25) is 6.29 Å². The van der Waals surface area contributed by atoms with Gasteiger partial charge >= 0.3 is 8.80 Å². The van der Waals surface area contributed by atoms with Crippen molar-refractivity contribution in [3.8, 4) is 0 Å². The second-order valence-electron chi connectivity index (χ2n) is 9.32. The van der Waals surface area contributed by atoms with Crippen molar-refractivity contribution in [3.63, 3.8) is 0 Å². The maximum Gasteiger partial charge on any atom is 0.502 e. The van der Waals surface area contributed by atoms with Gasteiger partial charge in [-0.25, -0.2) is 0 Å². The summed E-state index contributed by atoms with van der Waals surface area (Å²) >= 11 is 0. The largest absolute Gasteiger partial charge is 0.502 e. The highest BCUT2D eigenvalue weighted by Gasteiger charge is 2.42. The van der Waals surface area contributed by atoms with E-state index < -0.39 is 15.1 Å². The SMILES string of the molecule is CCCCC/C=C\C/C=C\CCCCCCCC(=O)C(OCCCCC)O[Si](CCC)(OC)OC. The summed E-state index contributed by atoms with van der Waals surface area (Å²) in [5.41, 5.74) is 0. The Morgan fingerprint density at radius 1 is 0.714 bits per heavy atom. The van der Waals surface area contributed by atoms with Crippen molar-refractivity contribution < 1.29 is 22.8 Å². The van der Waals surface area contributed by atoms with Crippen molar-refractivity contribution in [2.24, 2.45) is 0 Å². The van der Waals surface area contributed by atoms with Crippen LogP contribution in [-0.2, 0) is 22.8 Å². The number of carbonyl (C=O) groups is 1. The van der Waals surface area contributed by atoms with Gasteiger partial charge in [0.1, 0.15) is 0 Å². The lowest BCUT2D eigenvalue weighted by molar-refractivity contribution is -0.159. The molecule has 0 heterocycles. The number of carbonyl (C=O) groups excluding carboxylic acids is 1. The first kappa shape index (κ1) is 34.2. The molecule has 0 saturated heterocycles. The third-order valence-corrected chi connectivity index (χ3v) is 9.05. The molecule has 1 atom stereocenters. The van der Waals surface area contributed by atoms with Crippen molar-refractivity contribution in [1.29, 1.82) is 0 Å². The van der Waals surface area contributed by atoms with E-state index in [4.69, 9.17) is 18.0 Å². The van der Waals surface area contributed by atoms with Gasteiger partial charge in [0.25, 0.3) is 0 Å². The summed E-state index contributed by atoms with van der Waals surface area (Å²) in [6.07, 6.45) is 25.6. The fraction of sp³-hybridized carbons (Fsp3) is 0.828. The molecule has 206 valence electrons. The van der Waals surface area contributed by atoms with E-state index in [1.165, 1.54) is 38.5 Å². The maximum atomic E-state index is 12.9. The number of unbranched alkanes of at least 4 members (excludes halogenated alkanes) is 10. The first-order valence-electron chi connectivity index (χ1n) is 14.3. The second-order valence-corrected chi connectivity index (χ2v) is 12.2. The number of allylic oxidation sites excluding steroid dienone is 4. The van der Waals surface area contributed by atoms with Crippen molar-refractivity contribution >= 4 is 14.6 Å². The van der Waals surface area contributed by atoms with Crippen LogP contribution in [0.2, 0.25) is 6.04 Å². The van der Waals surface area contributed by atoms with Crippen LogP contribution in [0.5, 0.6) is 0 Å². The highest BCUT2D eigenvalue weighted by molar-refractivity contribution is 6.60. The Labute approximate surface area is 218 Å². The molecular weight excluding hydrogens is 456 g/mol. The van der Waals surface area contributed by atoms with Crippen LogP contribution in [-0.4, -0.2) is 41.7 Å². The van der Waals surface area contributed by atoms with Crippen LogP contribution in [0, 0.1) is 0 Å². The highest BCUT2D eigenvalue weighted by Crippen LogP contribution is 2.21. The van der Waals surface area contributed by atoms with Gasteiger partial charge in [-0.2, -0.15) is 0 Å². The normalized spacial score (nSPS) is 13.3. The Kier molecular flexibility index (Phi) is 24.3. The van der Waals surface area contributed by atoms with E-state index in [0.29, 0.717) is 19.1 Å². The summed E-state index contributed by atoms with van der Waals surface area (Å²) in [6, 6.07) is 0.672. The van der Waals surface area contributed by atoms with E-state index in [2.05, 4.69) is 45.1 Å². The van der Waals surface area contributed by atoms with Gasteiger partial charge in [0.15, 0.2) is 5.78 Å². The monoisotopic (exact) mass is 512 g/mol. The van der Waals surface area contributed by atoms with E-state index in [0.717, 1.165) is 57.8 Å². The summed E-state index contributed by atoms with van der Waals surface area (Å²) in [6.45, 7) is 6.98. The minimum absolute atomic E-state index is 0.00857. The fourth-order valence-corrected chi connectivity index (χ4v) is 5.90. The Bertz CT molecular complexity index is 531. The molecule has 0 spiro atoms. The third-order valence-electron chi connectivity index (χ3n) is 6.12. The van der Waals surface area contributed by atoms with Crippen LogP contribution >= 0.6 is 0 Å². The van der Waals surface area contributed by atoms with Crippen molar-refractivity contribution in [3.05, 3.63) is 24.3 Å². The molecule has 1 unspecified atom stereocenters. The molecule has 0 N–H and O–H groups in total. The lowest BCUT2D eigenvalue weighted by atomic mass is 10.1. The molecule has 0 fully saturated rings. The first-order valence-corrected chi connectivity index (χ1v) is 16.2. The van der Waals surface area contributed by atoms with Crippen LogP contribution in [0.15, 0.2) is 24.3 Å². The maximum absolute atomic E-state index is 12.9. The van der Waals surface area contributed by atoms with Gasteiger partial charge in [-0.1, -0.05) is 96.4 Å². The zero-order chi connectivity index (χ0) is 26.0. The van der Waals surface area contributed by atoms with Crippen LogP contribution in [0.4, 0.5) is 0 Å². The topological polar surface area (TPSA) is 54.0 Å². The number of ketones is 1. The van der Waals surface area contributed by atoms with E-state index in [1.807, 2.05) is 0 Å². The molecule has 0 aliphatic carbocycles. The number of rotatable bonds is 26. The number of hydrogen-bond acceptors (Lipinski definition) is 5. The molecule has 0 aliphatic heterocycles. The van der Waals surface area contributed by atoms with Crippen LogP contribution < -0.4 is 0 Å². The number of hydrogen-bond donors (Lipinski definition) is 0. The Balaban J connectivity index is 4.20. The molecule has 35 heavy (non-hydrogen) atoms. The van der Waals surface area contributed by atoms with Crippen LogP contribution in [0.1, 0.15) is 124 Å². The van der Waals surface area contributed by atoms with E-state index in [1.54, 1.807) is 14.2 Å². The molecule has 0 rings (SSSR count). The van der Waals surface area contributed by atoms with Gasteiger partial charge in [-0.15, -0.1) is 0 Å². The molecule has 6 heteroatoms. The standard InChI is InChI=1S/C29H56O5Si/c1-6-9-11-12-13-14-15-16-17-18-19-20-21-22-23-25-28(30)29(33-26-24-10-7-2)34-35(31-4,32-5)27-8-3/h13-14,16-17,29H,6-12,15,18-27H2,1-5H3/b14-13-,17-16-. The summed E-state index contributed by atoms with van der Waals surface area (Å²) in [7, 11) is 0.319. The van der Waals surface area contributed by atoms with Gasteiger partial charge in [-0.05, 0) is 44.9 Å². The smallest absolute Gasteiger partial charge is 0.377 e. The van der Waals surface area contributed by atoms with Crippen molar-refractivity contribution in [1.82, 2.24) is 0 Å². The fourth-order valence-electron chi connectivity index (χ4n) is 3.88. The second kappa shape index (κ2) is 24.9. The van der Waals surface area contributed by atoms with Crippen LogP contribution in [0.25, 0.3) is 0 Å². The summed E-state index contributed by atoms with van der Waals surface area (Å²) in [5, 5.41) is 0. The number of ether oxygens (including phenoxy) is 1. The minimum Gasteiger partial charge on any atom is -0.377 e. The Hall–Kier alpha value is -0.793. The van der Waals surface area contributed by atoms with E-state index in [-0.39, 0.29) is 5.78 Å². The van der Waals surface area contributed by atoms with E-state index in [9.17, 15) is 4.79 Å². The molecule has 0 radical (unpaired) electrons. The molecule has 0 bridgehead atoms. The lowest BCUT2D eigenvalue weighted by Crippen LogP contribution is -2.49. The minimum atomic E-state index is -2.88. The highest BCUT2D eigenvalue weighted by atomic mass is 28.4. The summed E-state index contributed by atoms with van der Waals surface area (Å²) in [4.78, 5) is 12.9. The predicted octanol–water partition coefficient (Wildman–Crippen LogP) is 8.56. The molecule has 0 aliphatic rings. The zero-order valence-corrected chi connectivity index (χ0v) is 24.7. The van der Waals surface area contributed by atoms with Gasteiger partial charge in [-0.3, -0.25) is 4.79 Å². The van der Waals surface area contributed by atoms with Crippen LogP contribution in [0.3, 0.4) is 0 Å². The zero-order valence-electron chi connectivity index (χ0n) is 23.7. The van der Waals surface area contributed by atoms with Crippen molar-refractivity contribution in [2.45, 2.75) is 136 Å². The quantitative estimate of drug-likeness (QED) is 0.0503. The number of Topliss-reactive ketones (excluding diaryl/α,β-unsaturated/α-hetero) is 1. The molecule has 5 nitrogen and oxygen atoms in total. The molecular formula is C29H56O5Si. The first-order chi connectivity index (χ1) is 17.1. The van der Waals surface area contributed by atoms with E-state index >= 15 is 0 Å². The summed E-state index contributed by atoms with van der Waals surface area (Å²) in [5.74, 6) is 0.00857. The van der Waals surface area contributed by atoms with Gasteiger partial charge in [0, 0.05) is 26.7 Å². The average Bonchev–Trinajstić information content (AvgIpc) is 2.87. The van der Waals surface area contributed by atoms with Gasteiger partial charge in [0.05, 0.1) is 6.61 Å². The predicted molar refractivity (Wildman–Crippen MR) is 150 cm³/mol. The third kappa shape index (κ3) is 19.0. The van der Waals surface area contributed by atoms with Crippen molar-refractivity contribution in [2.75, 3.05) is 20.8 Å².